The van der Waals surface area contributed by atoms with Crippen LogP contribution in [0.2, 0.25) is 0 Å². The van der Waals surface area contributed by atoms with E-state index < -0.39 is 0 Å². The minimum Gasteiger partial charge on any atom is -0.399 e. The zero-order chi connectivity index (χ0) is 15.4. The number of rotatable bonds is 4. The van der Waals surface area contributed by atoms with Crippen LogP contribution in [0.25, 0.3) is 0 Å². The van der Waals surface area contributed by atoms with Crippen molar-refractivity contribution in [3.05, 3.63) is 54.1 Å². The highest BCUT2D eigenvalue weighted by Crippen LogP contribution is 2.24. The lowest BCUT2D eigenvalue weighted by Gasteiger charge is -2.32. The fourth-order valence-corrected chi connectivity index (χ4v) is 3.05. The Labute approximate surface area is 133 Å². The summed E-state index contributed by atoms with van der Waals surface area (Å²) >= 11 is 0. The Morgan fingerprint density at radius 3 is 2.50 bits per heavy atom. The van der Waals surface area contributed by atoms with Crippen LogP contribution in [0.1, 0.15) is 25.3 Å². The lowest BCUT2D eigenvalue weighted by atomic mass is 10.00. The van der Waals surface area contributed by atoms with Crippen LogP contribution >= 0.6 is 0 Å². The number of piperidine rings is 1. The molecule has 0 saturated carbocycles. The van der Waals surface area contributed by atoms with Crippen LogP contribution in [0.5, 0.6) is 0 Å². The van der Waals surface area contributed by atoms with Crippen molar-refractivity contribution in [1.29, 1.82) is 0 Å². The van der Waals surface area contributed by atoms with Crippen LogP contribution in [0.15, 0.2) is 48.5 Å². The van der Waals surface area contributed by atoms with E-state index in [9.17, 15) is 0 Å². The van der Waals surface area contributed by atoms with Crippen molar-refractivity contribution < 1.29 is 0 Å². The highest BCUT2D eigenvalue weighted by molar-refractivity contribution is 5.55. The first-order valence-corrected chi connectivity index (χ1v) is 8.14. The first kappa shape index (κ1) is 14.8. The van der Waals surface area contributed by atoms with Gasteiger partial charge in [0.1, 0.15) is 0 Å². The Morgan fingerprint density at radius 1 is 1.09 bits per heavy atom. The summed E-state index contributed by atoms with van der Waals surface area (Å²) in [5, 5.41) is 3.46. The van der Waals surface area contributed by atoms with Gasteiger partial charge in [-0.25, -0.2) is 0 Å². The van der Waals surface area contributed by atoms with Crippen molar-refractivity contribution in [2.75, 3.05) is 29.0 Å². The van der Waals surface area contributed by atoms with Gasteiger partial charge < -0.3 is 16.0 Å². The van der Waals surface area contributed by atoms with E-state index in [-0.39, 0.29) is 0 Å². The van der Waals surface area contributed by atoms with Crippen molar-refractivity contribution in [3.63, 3.8) is 0 Å². The molecule has 0 amide bonds. The first-order chi connectivity index (χ1) is 10.7. The van der Waals surface area contributed by atoms with Crippen LogP contribution in [0.3, 0.4) is 0 Å². The van der Waals surface area contributed by atoms with Crippen molar-refractivity contribution in [2.24, 2.45) is 5.92 Å². The molecule has 116 valence electrons. The highest BCUT2D eigenvalue weighted by Gasteiger charge is 2.16. The first-order valence-electron chi connectivity index (χ1n) is 8.14. The summed E-state index contributed by atoms with van der Waals surface area (Å²) in [6.45, 7) is 5.52. The molecule has 1 fully saturated rings. The van der Waals surface area contributed by atoms with E-state index in [2.05, 4.69) is 53.5 Å². The molecule has 1 saturated heterocycles. The van der Waals surface area contributed by atoms with Gasteiger partial charge >= 0.3 is 0 Å². The fourth-order valence-electron chi connectivity index (χ4n) is 3.05. The summed E-state index contributed by atoms with van der Waals surface area (Å²) in [4.78, 5) is 2.50. The maximum Gasteiger partial charge on any atom is 0.0400 e. The topological polar surface area (TPSA) is 41.3 Å². The molecule has 0 bridgehead atoms. The minimum atomic E-state index is 0.803. The average Bonchev–Trinajstić information content (AvgIpc) is 2.55. The molecule has 22 heavy (non-hydrogen) atoms. The van der Waals surface area contributed by atoms with Gasteiger partial charge in [-0.1, -0.05) is 19.1 Å². The van der Waals surface area contributed by atoms with Crippen molar-refractivity contribution in [1.82, 2.24) is 0 Å². The predicted octanol–water partition coefficient (Wildman–Crippen LogP) is 4.12. The summed E-state index contributed by atoms with van der Waals surface area (Å²) in [5.41, 5.74) is 10.2. The third kappa shape index (κ3) is 3.73. The molecule has 3 rings (SSSR count). The largest absolute Gasteiger partial charge is 0.399 e. The van der Waals surface area contributed by atoms with Gasteiger partial charge in [-0.2, -0.15) is 0 Å². The SMILES string of the molecule is CC1CCCN(c2ccc(NCc3ccc(N)cc3)cc2)C1. The standard InChI is InChI=1S/C19H25N3/c1-15-3-2-12-22(14-15)19-10-8-18(9-11-19)21-13-16-4-6-17(20)7-5-16/h4-11,15,21H,2-3,12-14,20H2,1H3. The second-order valence-corrected chi connectivity index (χ2v) is 6.34. The van der Waals surface area contributed by atoms with Gasteiger partial charge in [0.2, 0.25) is 0 Å². The predicted molar refractivity (Wildman–Crippen MR) is 95.2 cm³/mol. The molecule has 1 atom stereocenters. The molecule has 2 aromatic carbocycles. The Balaban J connectivity index is 1.58. The number of nitrogens with one attached hydrogen (secondary N) is 1. The number of nitrogen functional groups attached to an aromatic ring is 1. The molecule has 2 aromatic rings. The van der Waals surface area contributed by atoms with Gasteiger partial charge in [0, 0.05) is 36.7 Å². The molecule has 0 radical (unpaired) electrons. The zero-order valence-corrected chi connectivity index (χ0v) is 13.3. The third-order valence-corrected chi connectivity index (χ3v) is 4.37. The lowest BCUT2D eigenvalue weighted by molar-refractivity contribution is 0.447. The smallest absolute Gasteiger partial charge is 0.0400 e. The number of nitrogens with two attached hydrogens (primary N) is 1. The van der Waals surface area contributed by atoms with E-state index in [0.29, 0.717) is 0 Å². The molecule has 1 aliphatic heterocycles. The molecule has 0 aliphatic carbocycles. The van der Waals surface area contributed by atoms with Crippen LogP contribution < -0.4 is 16.0 Å². The van der Waals surface area contributed by atoms with Crippen LogP contribution in [-0.2, 0) is 6.54 Å². The molecule has 3 N–H and O–H groups in total. The average molecular weight is 295 g/mol. The molecule has 3 nitrogen and oxygen atoms in total. The van der Waals surface area contributed by atoms with E-state index in [1.165, 1.54) is 37.2 Å². The summed E-state index contributed by atoms with van der Waals surface area (Å²) in [6, 6.07) is 16.8. The van der Waals surface area contributed by atoms with Crippen LogP contribution in [0, 0.1) is 5.92 Å². The number of nitrogens with zero attached hydrogens (tertiary/aromatic N) is 1. The van der Waals surface area contributed by atoms with E-state index in [1.807, 2.05) is 12.1 Å². The Kier molecular flexibility index (Phi) is 4.52. The third-order valence-electron chi connectivity index (χ3n) is 4.37. The summed E-state index contributed by atoms with van der Waals surface area (Å²) < 4.78 is 0. The van der Waals surface area contributed by atoms with E-state index >= 15 is 0 Å². The summed E-state index contributed by atoms with van der Waals surface area (Å²) in [5.74, 6) is 0.803. The maximum atomic E-state index is 5.71. The van der Waals surface area contributed by atoms with E-state index in [4.69, 9.17) is 5.73 Å². The van der Waals surface area contributed by atoms with E-state index in [1.54, 1.807) is 0 Å². The van der Waals surface area contributed by atoms with Gasteiger partial charge in [0.25, 0.3) is 0 Å². The quantitative estimate of drug-likeness (QED) is 0.834. The molecule has 1 unspecified atom stereocenters. The number of benzene rings is 2. The zero-order valence-electron chi connectivity index (χ0n) is 13.3. The van der Waals surface area contributed by atoms with Crippen molar-refractivity contribution in [3.8, 4) is 0 Å². The second-order valence-electron chi connectivity index (χ2n) is 6.34. The van der Waals surface area contributed by atoms with Crippen molar-refractivity contribution >= 4 is 17.1 Å². The summed E-state index contributed by atoms with van der Waals surface area (Å²) in [7, 11) is 0. The lowest BCUT2D eigenvalue weighted by Crippen LogP contribution is -2.34. The van der Waals surface area contributed by atoms with Crippen molar-refractivity contribution in [2.45, 2.75) is 26.3 Å². The highest BCUT2D eigenvalue weighted by atomic mass is 15.1. The number of anilines is 3. The molecular weight excluding hydrogens is 270 g/mol. The fraction of sp³-hybridized carbons (Fsp3) is 0.368. The molecule has 1 heterocycles. The van der Waals surface area contributed by atoms with E-state index in [0.717, 1.165) is 23.8 Å². The Bertz CT molecular complexity index is 589. The number of hydrogen-bond donors (Lipinski definition) is 2. The molecule has 1 aliphatic rings. The van der Waals surface area contributed by atoms with Gasteiger partial charge in [-0.3, -0.25) is 0 Å². The van der Waals surface area contributed by atoms with Gasteiger partial charge in [-0.15, -0.1) is 0 Å². The minimum absolute atomic E-state index is 0.803. The molecule has 0 spiro atoms. The van der Waals surface area contributed by atoms with Crippen LogP contribution in [-0.4, -0.2) is 13.1 Å². The molecule has 3 heteroatoms. The normalized spacial score (nSPS) is 18.2. The number of hydrogen-bond acceptors (Lipinski definition) is 3. The Hall–Kier alpha value is -2.16. The molecule has 0 aromatic heterocycles. The Morgan fingerprint density at radius 2 is 1.82 bits per heavy atom. The maximum absolute atomic E-state index is 5.71. The monoisotopic (exact) mass is 295 g/mol. The van der Waals surface area contributed by atoms with Gasteiger partial charge in [-0.05, 0) is 60.7 Å². The summed E-state index contributed by atoms with van der Waals surface area (Å²) in [6.07, 6.45) is 2.66. The second kappa shape index (κ2) is 6.73. The van der Waals surface area contributed by atoms with Gasteiger partial charge in [0.15, 0.2) is 0 Å². The van der Waals surface area contributed by atoms with Gasteiger partial charge in [0.05, 0.1) is 0 Å². The molecular formula is C19H25N3. The van der Waals surface area contributed by atoms with Crippen LogP contribution in [0.4, 0.5) is 17.1 Å².